The molecule has 0 radical (unpaired) electrons. The predicted octanol–water partition coefficient (Wildman–Crippen LogP) is 0.689. The second kappa shape index (κ2) is 9.34. The molecular formula is C19H24N4O5. The van der Waals surface area contributed by atoms with Crippen LogP contribution in [0, 0.1) is 0 Å². The van der Waals surface area contributed by atoms with Crippen LogP contribution in [-0.4, -0.2) is 80.1 Å². The number of nitrogens with zero attached hydrogens (tertiary/aromatic N) is 2. The smallest absolute Gasteiger partial charge is 0.269 e. The topological polar surface area (TPSA) is 106 Å². The van der Waals surface area contributed by atoms with Gasteiger partial charge in [-0.15, -0.1) is 0 Å². The number of hydrogen-bond acceptors (Lipinski definition) is 6. The highest BCUT2D eigenvalue weighted by Crippen LogP contribution is 2.22. The van der Waals surface area contributed by atoms with E-state index in [1.54, 1.807) is 25.2 Å². The number of hydrogen-bond donors (Lipinski definition) is 2. The molecule has 1 unspecified atom stereocenters. The fraction of sp³-hybridized carbons (Fsp3) is 0.421. The van der Waals surface area contributed by atoms with Gasteiger partial charge in [0.2, 0.25) is 5.91 Å². The van der Waals surface area contributed by atoms with Crippen LogP contribution >= 0.6 is 0 Å². The van der Waals surface area contributed by atoms with Gasteiger partial charge in [0.1, 0.15) is 18.1 Å². The Kier molecular flexibility index (Phi) is 6.62. The van der Waals surface area contributed by atoms with Crippen molar-refractivity contribution in [2.45, 2.75) is 6.10 Å². The molecule has 9 heteroatoms. The molecule has 2 aromatic rings. The van der Waals surface area contributed by atoms with E-state index in [1.165, 1.54) is 0 Å². The van der Waals surface area contributed by atoms with E-state index >= 15 is 0 Å². The predicted molar refractivity (Wildman–Crippen MR) is 101 cm³/mol. The number of H-pyrrole nitrogens is 1. The second-order valence-electron chi connectivity index (χ2n) is 6.37. The van der Waals surface area contributed by atoms with Crippen molar-refractivity contribution in [1.82, 2.24) is 20.4 Å². The van der Waals surface area contributed by atoms with Gasteiger partial charge in [-0.05, 0) is 18.2 Å². The molecule has 1 aromatic heterocycles. The summed E-state index contributed by atoms with van der Waals surface area (Å²) in [7, 11) is 3.19. The Bertz CT molecular complexity index is 822. The first-order valence-corrected chi connectivity index (χ1v) is 8.97. The summed E-state index contributed by atoms with van der Waals surface area (Å²) in [5, 5.41) is 9.76. The fourth-order valence-electron chi connectivity index (χ4n) is 2.89. The van der Waals surface area contributed by atoms with Crippen molar-refractivity contribution in [3.05, 3.63) is 36.0 Å². The molecule has 1 aliphatic heterocycles. The number of carbonyl (C=O) groups excluding carboxylic acids is 2. The van der Waals surface area contributed by atoms with Gasteiger partial charge in [-0.1, -0.05) is 12.1 Å². The lowest BCUT2D eigenvalue weighted by molar-refractivity contribution is -0.149. The molecule has 0 aliphatic carbocycles. The zero-order valence-corrected chi connectivity index (χ0v) is 15.9. The molecule has 1 fully saturated rings. The molecule has 2 N–H and O–H groups in total. The standard InChI is InChI=1S/C19H24N4O5/c1-26-7-6-23-11-15(28-12-18(23)24)10-20-19(25)17-9-16(21-22-17)13-4-3-5-14(8-13)27-2/h3-5,8-9,15H,6-7,10-12H2,1-2H3,(H,20,25)(H,21,22). The first-order valence-electron chi connectivity index (χ1n) is 8.97. The molecule has 0 spiro atoms. The third-order valence-corrected chi connectivity index (χ3v) is 4.46. The van der Waals surface area contributed by atoms with Crippen LogP contribution < -0.4 is 10.1 Å². The lowest BCUT2D eigenvalue weighted by Gasteiger charge is -2.32. The number of ether oxygens (including phenoxy) is 3. The number of carbonyl (C=O) groups is 2. The number of methoxy groups -OCH3 is 2. The Morgan fingerprint density at radius 1 is 1.39 bits per heavy atom. The maximum absolute atomic E-state index is 12.4. The minimum atomic E-state index is -0.286. The zero-order chi connectivity index (χ0) is 19.9. The van der Waals surface area contributed by atoms with Crippen LogP contribution in [0.2, 0.25) is 0 Å². The zero-order valence-electron chi connectivity index (χ0n) is 15.9. The van der Waals surface area contributed by atoms with E-state index in [4.69, 9.17) is 14.2 Å². The van der Waals surface area contributed by atoms with Gasteiger partial charge in [-0.2, -0.15) is 5.10 Å². The molecule has 1 aromatic carbocycles. The number of morpholine rings is 1. The van der Waals surface area contributed by atoms with Crippen LogP contribution in [-0.2, 0) is 14.3 Å². The van der Waals surface area contributed by atoms with Crippen LogP contribution in [0.1, 0.15) is 10.5 Å². The summed E-state index contributed by atoms with van der Waals surface area (Å²) in [5.41, 5.74) is 1.84. The normalized spacial score (nSPS) is 16.9. The van der Waals surface area contributed by atoms with Gasteiger partial charge in [0.25, 0.3) is 5.91 Å². The van der Waals surface area contributed by atoms with Gasteiger partial charge in [-0.3, -0.25) is 14.7 Å². The van der Waals surface area contributed by atoms with Crippen molar-refractivity contribution in [2.75, 3.05) is 47.1 Å². The molecule has 2 amide bonds. The van der Waals surface area contributed by atoms with Gasteiger partial charge in [-0.25, -0.2) is 0 Å². The Balaban J connectivity index is 1.55. The number of amides is 2. The molecular weight excluding hydrogens is 364 g/mol. The fourth-order valence-corrected chi connectivity index (χ4v) is 2.89. The highest BCUT2D eigenvalue weighted by molar-refractivity contribution is 5.93. The molecule has 1 atom stereocenters. The van der Waals surface area contributed by atoms with Crippen LogP contribution in [0.5, 0.6) is 5.75 Å². The number of rotatable bonds is 8. The van der Waals surface area contributed by atoms with Crippen molar-refractivity contribution in [1.29, 1.82) is 0 Å². The van der Waals surface area contributed by atoms with E-state index in [0.717, 1.165) is 5.56 Å². The van der Waals surface area contributed by atoms with Crippen LogP contribution in [0.15, 0.2) is 30.3 Å². The van der Waals surface area contributed by atoms with E-state index < -0.39 is 0 Å². The highest BCUT2D eigenvalue weighted by Gasteiger charge is 2.26. The third kappa shape index (κ3) is 4.87. The van der Waals surface area contributed by atoms with Crippen molar-refractivity contribution in [3.8, 4) is 17.0 Å². The van der Waals surface area contributed by atoms with E-state index in [-0.39, 0.29) is 24.5 Å². The average molecular weight is 388 g/mol. The first-order chi connectivity index (χ1) is 13.6. The van der Waals surface area contributed by atoms with Crippen molar-refractivity contribution in [3.63, 3.8) is 0 Å². The minimum absolute atomic E-state index is 0.00823. The Morgan fingerprint density at radius 3 is 3.04 bits per heavy atom. The van der Waals surface area contributed by atoms with Crippen LogP contribution in [0.25, 0.3) is 11.3 Å². The van der Waals surface area contributed by atoms with Crippen molar-refractivity contribution in [2.24, 2.45) is 0 Å². The van der Waals surface area contributed by atoms with Crippen LogP contribution in [0.4, 0.5) is 0 Å². The largest absolute Gasteiger partial charge is 0.497 e. The van der Waals surface area contributed by atoms with E-state index in [2.05, 4.69) is 15.5 Å². The van der Waals surface area contributed by atoms with Gasteiger partial charge >= 0.3 is 0 Å². The molecule has 1 aliphatic rings. The number of aromatic amines is 1. The first kappa shape index (κ1) is 19.8. The molecule has 28 heavy (non-hydrogen) atoms. The van der Waals surface area contributed by atoms with Gasteiger partial charge < -0.3 is 24.4 Å². The summed E-state index contributed by atoms with van der Waals surface area (Å²) < 4.78 is 15.7. The minimum Gasteiger partial charge on any atom is -0.497 e. The summed E-state index contributed by atoms with van der Waals surface area (Å²) in [6.45, 7) is 1.69. The second-order valence-corrected chi connectivity index (χ2v) is 6.37. The Labute approximate surface area is 163 Å². The van der Waals surface area contributed by atoms with E-state index in [9.17, 15) is 9.59 Å². The summed E-state index contributed by atoms with van der Waals surface area (Å²) in [4.78, 5) is 25.9. The molecule has 0 saturated carbocycles. The van der Waals surface area contributed by atoms with Crippen molar-refractivity contribution >= 4 is 11.8 Å². The maximum atomic E-state index is 12.4. The lowest BCUT2D eigenvalue weighted by atomic mass is 10.1. The molecule has 2 heterocycles. The van der Waals surface area contributed by atoms with Gasteiger partial charge in [0.05, 0.1) is 25.5 Å². The average Bonchev–Trinajstić information content (AvgIpc) is 3.22. The maximum Gasteiger partial charge on any atom is 0.269 e. The molecule has 0 bridgehead atoms. The number of aromatic nitrogens is 2. The van der Waals surface area contributed by atoms with E-state index in [0.29, 0.717) is 43.4 Å². The van der Waals surface area contributed by atoms with E-state index in [1.807, 2.05) is 24.3 Å². The number of benzene rings is 1. The number of nitrogens with one attached hydrogen (secondary N) is 2. The van der Waals surface area contributed by atoms with Crippen molar-refractivity contribution < 1.29 is 23.8 Å². The molecule has 150 valence electrons. The summed E-state index contributed by atoms with van der Waals surface area (Å²) >= 11 is 0. The highest BCUT2D eigenvalue weighted by atomic mass is 16.5. The van der Waals surface area contributed by atoms with Crippen LogP contribution in [0.3, 0.4) is 0 Å². The SMILES string of the molecule is COCCN1CC(CNC(=O)c2cc(-c3cccc(OC)c3)n[nH]2)OCC1=O. The van der Waals surface area contributed by atoms with Gasteiger partial charge in [0.15, 0.2) is 0 Å². The molecule has 3 rings (SSSR count). The third-order valence-electron chi connectivity index (χ3n) is 4.46. The molecule has 1 saturated heterocycles. The monoisotopic (exact) mass is 388 g/mol. The van der Waals surface area contributed by atoms with Gasteiger partial charge in [0, 0.05) is 32.3 Å². The summed E-state index contributed by atoms with van der Waals surface area (Å²) in [5.74, 6) is 0.357. The Hall–Kier alpha value is -2.91. The summed E-state index contributed by atoms with van der Waals surface area (Å²) in [6.07, 6.45) is -0.265. The lowest BCUT2D eigenvalue weighted by Crippen LogP contribution is -2.51. The Morgan fingerprint density at radius 2 is 2.25 bits per heavy atom. The quantitative estimate of drug-likeness (QED) is 0.689. The molecule has 9 nitrogen and oxygen atoms in total. The summed E-state index contributed by atoms with van der Waals surface area (Å²) in [6, 6.07) is 9.12.